The number of ether oxygens (including phenoxy) is 1. The van der Waals surface area contributed by atoms with E-state index in [2.05, 4.69) is 17.9 Å². The standard InChI is InChI=1S/C13H16N2O4S/c16-12(9-20)19-13(5-7-14-8-6-13)10-1-3-11(4-2-10)15(17)18/h1-4,14,20H,5-9H2. The van der Waals surface area contributed by atoms with Gasteiger partial charge in [-0.05, 0) is 30.8 Å². The molecule has 0 aromatic heterocycles. The number of benzene rings is 1. The summed E-state index contributed by atoms with van der Waals surface area (Å²) >= 11 is 3.93. The maximum atomic E-state index is 11.6. The number of carbonyl (C=O) groups excluding carboxylic acids is 1. The zero-order valence-electron chi connectivity index (χ0n) is 10.9. The quantitative estimate of drug-likeness (QED) is 0.382. The van der Waals surface area contributed by atoms with Gasteiger partial charge in [0, 0.05) is 25.0 Å². The van der Waals surface area contributed by atoms with E-state index in [0.717, 1.165) is 18.7 Å². The highest BCUT2D eigenvalue weighted by atomic mass is 32.1. The lowest BCUT2D eigenvalue weighted by Gasteiger charge is -2.37. The van der Waals surface area contributed by atoms with Crippen LogP contribution in [0.5, 0.6) is 0 Å². The molecule has 1 aromatic carbocycles. The van der Waals surface area contributed by atoms with E-state index in [9.17, 15) is 14.9 Å². The van der Waals surface area contributed by atoms with Crippen molar-refractivity contribution in [2.45, 2.75) is 18.4 Å². The summed E-state index contributed by atoms with van der Waals surface area (Å²) in [5, 5.41) is 13.9. The van der Waals surface area contributed by atoms with Gasteiger partial charge < -0.3 is 10.1 Å². The molecule has 1 aliphatic rings. The van der Waals surface area contributed by atoms with E-state index in [0.29, 0.717) is 12.8 Å². The normalized spacial score (nSPS) is 17.4. The highest BCUT2D eigenvalue weighted by Crippen LogP contribution is 2.35. The van der Waals surface area contributed by atoms with Gasteiger partial charge in [0.25, 0.3) is 5.69 Å². The van der Waals surface area contributed by atoms with Crippen molar-refractivity contribution in [2.75, 3.05) is 18.8 Å². The minimum atomic E-state index is -0.708. The summed E-state index contributed by atoms with van der Waals surface area (Å²) < 4.78 is 5.59. The number of thiol groups is 1. The third-order valence-electron chi connectivity index (χ3n) is 3.45. The van der Waals surface area contributed by atoms with Crippen molar-refractivity contribution >= 4 is 24.3 Å². The fourth-order valence-corrected chi connectivity index (χ4v) is 2.48. The van der Waals surface area contributed by atoms with Crippen LogP contribution in [0.2, 0.25) is 0 Å². The number of hydrogen-bond acceptors (Lipinski definition) is 6. The number of carbonyl (C=O) groups is 1. The minimum absolute atomic E-state index is 0.0160. The predicted molar refractivity (Wildman–Crippen MR) is 76.8 cm³/mol. The molecule has 0 radical (unpaired) electrons. The predicted octanol–water partition coefficient (Wildman–Crippen LogP) is 1.65. The van der Waals surface area contributed by atoms with Crippen LogP contribution in [-0.4, -0.2) is 29.7 Å². The van der Waals surface area contributed by atoms with Gasteiger partial charge in [-0.25, -0.2) is 0 Å². The number of nitro groups is 1. The lowest BCUT2D eigenvalue weighted by Crippen LogP contribution is -2.43. The van der Waals surface area contributed by atoms with Crippen molar-refractivity contribution in [2.24, 2.45) is 0 Å². The summed E-state index contributed by atoms with van der Waals surface area (Å²) in [5.41, 5.74) is 0.110. The molecule has 1 aliphatic heterocycles. The van der Waals surface area contributed by atoms with Crippen LogP contribution in [-0.2, 0) is 15.1 Å². The van der Waals surface area contributed by atoms with Crippen molar-refractivity contribution in [3.05, 3.63) is 39.9 Å². The maximum absolute atomic E-state index is 11.6. The van der Waals surface area contributed by atoms with Gasteiger partial charge in [0.15, 0.2) is 0 Å². The first-order chi connectivity index (χ1) is 9.57. The number of esters is 1. The molecule has 1 N–H and O–H groups in total. The Hall–Kier alpha value is -1.60. The van der Waals surface area contributed by atoms with Crippen LogP contribution in [0.3, 0.4) is 0 Å². The van der Waals surface area contributed by atoms with E-state index >= 15 is 0 Å². The fraction of sp³-hybridized carbons (Fsp3) is 0.462. The van der Waals surface area contributed by atoms with E-state index < -0.39 is 10.5 Å². The Morgan fingerprint density at radius 1 is 1.35 bits per heavy atom. The van der Waals surface area contributed by atoms with Crippen molar-refractivity contribution in [1.29, 1.82) is 0 Å². The van der Waals surface area contributed by atoms with Gasteiger partial charge >= 0.3 is 5.97 Å². The van der Waals surface area contributed by atoms with E-state index in [-0.39, 0.29) is 17.4 Å². The number of nitro benzene ring substituents is 1. The van der Waals surface area contributed by atoms with Crippen LogP contribution in [0.25, 0.3) is 0 Å². The Labute approximate surface area is 122 Å². The van der Waals surface area contributed by atoms with Crippen LogP contribution >= 0.6 is 12.6 Å². The average Bonchev–Trinajstić information content (AvgIpc) is 2.48. The number of nitrogens with zero attached hydrogens (tertiary/aromatic N) is 1. The van der Waals surface area contributed by atoms with Crippen LogP contribution in [0.15, 0.2) is 24.3 Å². The van der Waals surface area contributed by atoms with Crippen molar-refractivity contribution in [3.63, 3.8) is 0 Å². The van der Waals surface area contributed by atoms with Crippen molar-refractivity contribution in [3.8, 4) is 0 Å². The molecule has 108 valence electrons. The smallest absolute Gasteiger partial charge is 0.316 e. The molecular formula is C13H16N2O4S. The molecule has 1 saturated heterocycles. The summed E-state index contributed by atoms with van der Waals surface area (Å²) in [7, 11) is 0. The molecule has 1 fully saturated rings. The second kappa shape index (κ2) is 6.23. The zero-order valence-corrected chi connectivity index (χ0v) is 11.8. The van der Waals surface area contributed by atoms with Gasteiger partial charge in [-0.1, -0.05) is 0 Å². The lowest BCUT2D eigenvalue weighted by molar-refractivity contribution is -0.384. The minimum Gasteiger partial charge on any atom is -0.453 e. The Morgan fingerprint density at radius 3 is 2.45 bits per heavy atom. The highest BCUT2D eigenvalue weighted by molar-refractivity contribution is 7.81. The Kier molecular flexibility index (Phi) is 4.61. The number of hydrogen-bond donors (Lipinski definition) is 2. The van der Waals surface area contributed by atoms with Gasteiger partial charge in [-0.15, -0.1) is 0 Å². The molecule has 0 spiro atoms. The van der Waals surface area contributed by atoms with E-state index in [1.165, 1.54) is 12.1 Å². The highest BCUT2D eigenvalue weighted by Gasteiger charge is 2.37. The molecule has 0 aliphatic carbocycles. The first kappa shape index (κ1) is 14.8. The van der Waals surface area contributed by atoms with Crippen LogP contribution in [0.1, 0.15) is 18.4 Å². The molecule has 0 atom stereocenters. The Morgan fingerprint density at radius 2 is 1.95 bits per heavy atom. The summed E-state index contributed by atoms with van der Waals surface area (Å²) in [6.07, 6.45) is 1.29. The largest absolute Gasteiger partial charge is 0.453 e. The van der Waals surface area contributed by atoms with Crippen molar-refractivity contribution < 1.29 is 14.5 Å². The van der Waals surface area contributed by atoms with Gasteiger partial charge in [0.05, 0.1) is 10.7 Å². The number of nitrogens with one attached hydrogen (secondary N) is 1. The van der Waals surface area contributed by atoms with Crippen molar-refractivity contribution in [1.82, 2.24) is 5.32 Å². The lowest BCUT2D eigenvalue weighted by atomic mass is 9.84. The second-order valence-electron chi connectivity index (χ2n) is 4.68. The molecule has 2 rings (SSSR count). The molecule has 1 aromatic rings. The number of rotatable bonds is 4. The summed E-state index contributed by atoms with van der Waals surface area (Å²) in [6.45, 7) is 1.47. The third-order valence-corrected chi connectivity index (χ3v) is 3.71. The molecule has 0 unspecified atom stereocenters. The molecular weight excluding hydrogens is 280 g/mol. The first-order valence-electron chi connectivity index (χ1n) is 6.36. The second-order valence-corrected chi connectivity index (χ2v) is 5.00. The molecule has 0 saturated carbocycles. The topological polar surface area (TPSA) is 81.5 Å². The zero-order chi connectivity index (χ0) is 14.6. The maximum Gasteiger partial charge on any atom is 0.316 e. The van der Waals surface area contributed by atoms with Crippen LogP contribution in [0.4, 0.5) is 5.69 Å². The van der Waals surface area contributed by atoms with Gasteiger partial charge in [0.1, 0.15) is 5.60 Å². The molecule has 0 bridgehead atoms. The third kappa shape index (κ3) is 3.10. The molecule has 7 heteroatoms. The number of non-ortho nitro benzene ring substituents is 1. The monoisotopic (exact) mass is 296 g/mol. The van der Waals surface area contributed by atoms with Gasteiger partial charge in [0.2, 0.25) is 0 Å². The molecule has 1 heterocycles. The van der Waals surface area contributed by atoms with E-state index in [4.69, 9.17) is 4.74 Å². The SMILES string of the molecule is O=C(CS)OC1(c2ccc([N+](=O)[O-])cc2)CCNCC1. The molecule has 6 nitrogen and oxygen atoms in total. The summed E-state index contributed by atoms with van der Waals surface area (Å²) in [5.74, 6) is -0.365. The molecule has 20 heavy (non-hydrogen) atoms. The fourth-order valence-electron chi connectivity index (χ4n) is 2.42. The summed E-state index contributed by atoms with van der Waals surface area (Å²) in [4.78, 5) is 21.9. The van der Waals surface area contributed by atoms with E-state index in [1.54, 1.807) is 12.1 Å². The number of piperidine rings is 1. The average molecular weight is 296 g/mol. The Bertz CT molecular complexity index is 498. The van der Waals surface area contributed by atoms with Gasteiger partial charge in [-0.3, -0.25) is 14.9 Å². The van der Waals surface area contributed by atoms with Crippen LogP contribution in [0, 0.1) is 10.1 Å². The Balaban J connectivity index is 2.30. The van der Waals surface area contributed by atoms with Crippen LogP contribution < -0.4 is 5.32 Å². The summed E-state index contributed by atoms with van der Waals surface area (Å²) in [6, 6.07) is 6.20. The molecule has 0 amide bonds. The van der Waals surface area contributed by atoms with Gasteiger partial charge in [-0.2, -0.15) is 12.6 Å². The first-order valence-corrected chi connectivity index (χ1v) is 6.99. The van der Waals surface area contributed by atoms with E-state index in [1.807, 2.05) is 0 Å².